The highest BCUT2D eigenvalue weighted by atomic mass is 32.2. The van der Waals surface area contributed by atoms with E-state index in [4.69, 9.17) is 12.2 Å². The molecule has 0 bridgehead atoms. The number of nitrogens with one attached hydrogen (secondary N) is 1. The van der Waals surface area contributed by atoms with E-state index in [1.54, 1.807) is 24.3 Å². The summed E-state index contributed by atoms with van der Waals surface area (Å²) in [5.74, 6) is -2.34. The molecule has 22 heavy (non-hydrogen) atoms. The number of anilines is 1. The first-order chi connectivity index (χ1) is 10.5. The highest BCUT2D eigenvalue weighted by Gasteiger charge is 2.16. The summed E-state index contributed by atoms with van der Waals surface area (Å²) >= 11 is 7.13. The molecule has 8 heteroatoms. The number of thioether (sulfide) groups is 2. The summed E-state index contributed by atoms with van der Waals surface area (Å²) in [5.41, 5.74) is 0.594. The average Bonchev–Trinajstić information content (AvgIpc) is 3.00. The zero-order valence-corrected chi connectivity index (χ0v) is 14.2. The molecule has 1 aliphatic rings. The lowest BCUT2D eigenvalue weighted by atomic mass is 10.3. The molecule has 1 saturated heterocycles. The number of benzene rings is 1. The topological polar surface area (TPSA) is 32.3 Å². The number of carbonyl (C=O) groups excluding carboxylic acids is 1. The van der Waals surface area contributed by atoms with Crippen molar-refractivity contribution in [2.45, 2.75) is 23.5 Å². The molecule has 1 aromatic rings. The van der Waals surface area contributed by atoms with Gasteiger partial charge in [-0.2, -0.15) is 8.78 Å². The van der Waals surface area contributed by atoms with Crippen molar-refractivity contribution in [3.63, 3.8) is 0 Å². The minimum absolute atomic E-state index is 0.152. The lowest BCUT2D eigenvalue weighted by Crippen LogP contribution is -2.25. The quantitative estimate of drug-likeness (QED) is 0.631. The molecule has 0 atom stereocenters. The van der Waals surface area contributed by atoms with Crippen molar-refractivity contribution in [1.82, 2.24) is 4.90 Å². The molecule has 1 amide bonds. The van der Waals surface area contributed by atoms with Gasteiger partial charge in [-0.1, -0.05) is 35.7 Å². The lowest BCUT2D eigenvalue weighted by molar-refractivity contribution is -0.113. The molecule has 0 saturated carbocycles. The van der Waals surface area contributed by atoms with Crippen LogP contribution in [-0.2, 0) is 4.79 Å². The molecule has 3 nitrogen and oxygen atoms in total. The van der Waals surface area contributed by atoms with Gasteiger partial charge >= 0.3 is 0 Å². The number of thiocarbonyl (C=S) groups is 1. The van der Waals surface area contributed by atoms with Crippen molar-refractivity contribution in [3.8, 4) is 0 Å². The predicted octanol–water partition coefficient (Wildman–Crippen LogP) is 4.05. The Hall–Kier alpha value is -0.860. The van der Waals surface area contributed by atoms with E-state index in [9.17, 15) is 13.6 Å². The summed E-state index contributed by atoms with van der Waals surface area (Å²) in [6.45, 7) is 1.94. The van der Waals surface area contributed by atoms with Crippen LogP contribution in [0.2, 0.25) is 0 Å². The average molecular weight is 362 g/mol. The molecule has 1 aromatic carbocycles. The van der Waals surface area contributed by atoms with Gasteiger partial charge in [-0.25, -0.2) is 0 Å². The SMILES string of the molecule is O=C(CSC(=S)N1CCCC1)Nc1ccc(SC(F)F)cc1. The number of halogens is 2. The summed E-state index contributed by atoms with van der Waals surface area (Å²) in [6, 6.07) is 6.36. The normalized spacial score (nSPS) is 14.4. The number of carbonyl (C=O) groups is 1. The van der Waals surface area contributed by atoms with Crippen LogP contribution in [0, 0.1) is 0 Å². The highest BCUT2D eigenvalue weighted by Crippen LogP contribution is 2.26. The van der Waals surface area contributed by atoms with Gasteiger partial charge in [0.15, 0.2) is 0 Å². The summed E-state index contributed by atoms with van der Waals surface area (Å²) < 4.78 is 25.2. The Morgan fingerprint density at radius 1 is 1.27 bits per heavy atom. The van der Waals surface area contributed by atoms with Gasteiger partial charge in [-0.3, -0.25) is 4.79 Å². The van der Waals surface area contributed by atoms with Gasteiger partial charge in [0.1, 0.15) is 4.32 Å². The maximum absolute atomic E-state index is 12.2. The van der Waals surface area contributed by atoms with E-state index in [0.717, 1.165) is 30.3 Å². The third-order valence-electron chi connectivity index (χ3n) is 3.05. The Balaban J connectivity index is 1.75. The van der Waals surface area contributed by atoms with E-state index in [1.807, 2.05) is 0 Å². The maximum atomic E-state index is 12.2. The number of hydrogen-bond acceptors (Lipinski definition) is 4. The van der Waals surface area contributed by atoms with E-state index >= 15 is 0 Å². The fraction of sp³-hybridized carbons (Fsp3) is 0.429. The van der Waals surface area contributed by atoms with E-state index in [0.29, 0.717) is 22.3 Å². The second kappa shape index (κ2) is 8.69. The molecular weight excluding hydrogens is 346 g/mol. The van der Waals surface area contributed by atoms with Crippen LogP contribution in [0.1, 0.15) is 12.8 Å². The lowest BCUT2D eigenvalue weighted by Gasteiger charge is -2.17. The van der Waals surface area contributed by atoms with Crippen molar-refractivity contribution in [2.24, 2.45) is 0 Å². The Kier molecular flexibility index (Phi) is 6.91. The van der Waals surface area contributed by atoms with E-state index in [-0.39, 0.29) is 11.7 Å². The molecule has 120 valence electrons. The fourth-order valence-corrected chi connectivity index (χ4v) is 3.59. The standard InChI is InChI=1S/C14H16F2N2OS3/c15-13(16)22-11-5-3-10(4-6-11)17-12(19)9-21-14(20)18-7-1-2-8-18/h3-6,13H,1-2,7-9H2,(H,17,19). The van der Waals surface area contributed by atoms with Crippen LogP contribution in [0.3, 0.4) is 0 Å². The zero-order chi connectivity index (χ0) is 15.9. The Labute approximate surface area is 142 Å². The first-order valence-electron chi connectivity index (χ1n) is 6.81. The monoisotopic (exact) mass is 362 g/mol. The predicted molar refractivity (Wildman–Crippen MR) is 92.8 cm³/mol. The third-order valence-corrected chi connectivity index (χ3v) is 5.30. The van der Waals surface area contributed by atoms with Crippen LogP contribution in [0.5, 0.6) is 0 Å². The van der Waals surface area contributed by atoms with Crippen LogP contribution in [0.25, 0.3) is 0 Å². The van der Waals surface area contributed by atoms with Crippen molar-refractivity contribution in [2.75, 3.05) is 24.2 Å². The zero-order valence-electron chi connectivity index (χ0n) is 11.8. The molecule has 1 heterocycles. The summed E-state index contributed by atoms with van der Waals surface area (Å²) in [6.07, 6.45) is 2.30. The van der Waals surface area contributed by atoms with Crippen LogP contribution in [-0.4, -0.2) is 39.7 Å². The van der Waals surface area contributed by atoms with Crippen LogP contribution >= 0.6 is 35.7 Å². The number of amides is 1. The summed E-state index contributed by atoms with van der Waals surface area (Å²) in [7, 11) is 0. The Morgan fingerprint density at radius 3 is 2.50 bits per heavy atom. The largest absolute Gasteiger partial charge is 0.358 e. The van der Waals surface area contributed by atoms with Crippen LogP contribution in [0.15, 0.2) is 29.2 Å². The van der Waals surface area contributed by atoms with Gasteiger partial charge in [0.2, 0.25) is 5.91 Å². The molecule has 0 radical (unpaired) electrons. The Bertz CT molecular complexity index is 519. The van der Waals surface area contributed by atoms with Gasteiger partial charge in [0, 0.05) is 23.7 Å². The van der Waals surface area contributed by atoms with E-state index in [2.05, 4.69) is 10.2 Å². The Morgan fingerprint density at radius 2 is 1.91 bits per heavy atom. The molecule has 0 spiro atoms. The minimum atomic E-state index is -2.44. The van der Waals surface area contributed by atoms with Crippen molar-refractivity contribution in [1.29, 1.82) is 0 Å². The summed E-state index contributed by atoms with van der Waals surface area (Å²) in [5, 5.41) is 2.73. The van der Waals surface area contributed by atoms with Gasteiger partial charge in [0.25, 0.3) is 5.76 Å². The molecule has 1 fully saturated rings. The molecular formula is C14H16F2N2OS3. The van der Waals surface area contributed by atoms with Crippen molar-refractivity contribution < 1.29 is 13.6 Å². The minimum Gasteiger partial charge on any atom is -0.358 e. The number of rotatable bonds is 5. The van der Waals surface area contributed by atoms with Crippen molar-refractivity contribution >= 4 is 51.7 Å². The molecule has 0 unspecified atom stereocenters. The van der Waals surface area contributed by atoms with E-state index in [1.165, 1.54) is 11.8 Å². The maximum Gasteiger partial charge on any atom is 0.288 e. The molecule has 2 rings (SSSR count). The molecule has 0 aromatic heterocycles. The molecule has 1 aliphatic heterocycles. The second-order valence-corrected chi connectivity index (χ2v) is 7.37. The van der Waals surface area contributed by atoms with Gasteiger partial charge < -0.3 is 10.2 Å². The highest BCUT2D eigenvalue weighted by molar-refractivity contribution is 8.23. The van der Waals surface area contributed by atoms with Gasteiger partial charge in [-0.15, -0.1) is 0 Å². The second-order valence-electron chi connectivity index (χ2n) is 4.70. The van der Waals surface area contributed by atoms with Crippen LogP contribution < -0.4 is 5.32 Å². The van der Waals surface area contributed by atoms with E-state index < -0.39 is 5.76 Å². The van der Waals surface area contributed by atoms with Gasteiger partial charge in [0.05, 0.1) is 5.75 Å². The van der Waals surface area contributed by atoms with Crippen molar-refractivity contribution in [3.05, 3.63) is 24.3 Å². The smallest absolute Gasteiger partial charge is 0.288 e. The molecule has 1 N–H and O–H groups in total. The first kappa shape index (κ1) is 17.5. The number of hydrogen-bond donors (Lipinski definition) is 1. The molecule has 0 aliphatic carbocycles. The van der Waals surface area contributed by atoms with Crippen LogP contribution in [0.4, 0.5) is 14.5 Å². The number of likely N-dealkylation sites (tertiary alicyclic amines) is 1. The third kappa shape index (κ3) is 5.73. The fourth-order valence-electron chi connectivity index (χ4n) is 2.04. The number of nitrogens with zero attached hydrogens (tertiary/aromatic N) is 1. The summed E-state index contributed by atoms with van der Waals surface area (Å²) in [4.78, 5) is 14.4. The number of alkyl halides is 2. The first-order valence-corrected chi connectivity index (χ1v) is 9.08. The van der Waals surface area contributed by atoms with Gasteiger partial charge in [-0.05, 0) is 37.1 Å².